The third-order valence-corrected chi connectivity index (χ3v) is 4.80. The first-order valence-electron chi connectivity index (χ1n) is 8.95. The Balaban J connectivity index is 1.38. The van der Waals surface area contributed by atoms with Crippen molar-refractivity contribution < 1.29 is 0 Å². The fourth-order valence-corrected chi connectivity index (χ4v) is 3.11. The number of pyridine rings is 1. The predicted octanol–water partition coefficient (Wildman–Crippen LogP) is 2.41. The second kappa shape index (κ2) is 6.82. The Morgan fingerprint density at radius 3 is 2.96 bits per heavy atom. The van der Waals surface area contributed by atoms with Gasteiger partial charge in [-0.1, -0.05) is 6.07 Å². The fourth-order valence-electron chi connectivity index (χ4n) is 3.11. The number of rotatable bonds is 6. The Morgan fingerprint density at radius 2 is 2.14 bits per heavy atom. The monoisotopic (exact) mass is 374 g/mol. The normalized spacial score (nSPS) is 14.1. The molecule has 0 spiro atoms. The number of fused-ring (bicyclic) bond motifs is 1. The standard InChI is InChI=1S/C18H18N10/c19-26-18-17(22-5-12-1-2-16-21-3-4-27(16)10-12)25-15(9-23-18)13-6-24-28(11-13)14-7-20-8-14/h1-4,6,9-11,14,19-20H,5,7-8H2,(H,22,25). The number of nitrogens with zero attached hydrogens (tertiary/aromatic N) is 7. The van der Waals surface area contributed by atoms with Crippen molar-refractivity contribution in [3.05, 3.63) is 54.9 Å². The lowest BCUT2D eigenvalue weighted by Crippen LogP contribution is -2.43. The molecule has 28 heavy (non-hydrogen) atoms. The summed E-state index contributed by atoms with van der Waals surface area (Å²) < 4.78 is 3.91. The number of hydrogen-bond acceptors (Lipinski definition) is 8. The van der Waals surface area contributed by atoms with Gasteiger partial charge in [0, 0.05) is 50.0 Å². The smallest absolute Gasteiger partial charge is 0.216 e. The number of aromatic nitrogens is 6. The van der Waals surface area contributed by atoms with Crippen LogP contribution in [0, 0.1) is 5.53 Å². The minimum absolute atomic E-state index is 0.253. The Labute approximate surface area is 160 Å². The summed E-state index contributed by atoms with van der Waals surface area (Å²) in [6.07, 6.45) is 11.1. The van der Waals surface area contributed by atoms with E-state index in [4.69, 9.17) is 5.53 Å². The fraction of sp³-hybridized carbons (Fsp3) is 0.222. The number of hydrogen-bond donors (Lipinski definition) is 3. The molecular weight excluding hydrogens is 356 g/mol. The molecule has 0 aromatic carbocycles. The van der Waals surface area contributed by atoms with Gasteiger partial charge in [0.25, 0.3) is 0 Å². The van der Waals surface area contributed by atoms with Crippen LogP contribution in [0.2, 0.25) is 0 Å². The molecule has 4 aromatic heterocycles. The maximum atomic E-state index is 7.37. The molecule has 0 aliphatic carbocycles. The Morgan fingerprint density at radius 1 is 1.21 bits per heavy atom. The van der Waals surface area contributed by atoms with E-state index in [0.717, 1.165) is 29.9 Å². The summed E-state index contributed by atoms with van der Waals surface area (Å²) in [7, 11) is 0. The molecule has 4 aromatic rings. The van der Waals surface area contributed by atoms with E-state index in [0.29, 0.717) is 24.1 Å². The zero-order chi connectivity index (χ0) is 18.9. The van der Waals surface area contributed by atoms with Crippen LogP contribution in [0.25, 0.3) is 16.9 Å². The lowest BCUT2D eigenvalue weighted by Gasteiger charge is -2.27. The molecule has 5 rings (SSSR count). The Bertz CT molecular complexity index is 1140. The average Bonchev–Trinajstić information content (AvgIpc) is 3.34. The van der Waals surface area contributed by atoms with Crippen molar-refractivity contribution >= 4 is 17.3 Å². The topological polar surface area (TPSA) is 121 Å². The summed E-state index contributed by atoms with van der Waals surface area (Å²) in [6.45, 7) is 2.39. The van der Waals surface area contributed by atoms with E-state index < -0.39 is 0 Å². The van der Waals surface area contributed by atoms with E-state index in [-0.39, 0.29) is 5.82 Å². The molecule has 3 N–H and O–H groups in total. The van der Waals surface area contributed by atoms with Gasteiger partial charge in [0.1, 0.15) is 5.65 Å². The summed E-state index contributed by atoms with van der Waals surface area (Å²) in [6, 6.07) is 4.35. The number of nitrogens with one attached hydrogen (secondary N) is 3. The minimum atomic E-state index is 0.253. The molecule has 0 bridgehead atoms. The molecule has 0 atom stereocenters. The molecule has 1 saturated heterocycles. The number of imidazole rings is 1. The lowest BCUT2D eigenvalue weighted by molar-refractivity contribution is 0.318. The van der Waals surface area contributed by atoms with Gasteiger partial charge in [-0.05, 0) is 11.6 Å². The summed E-state index contributed by atoms with van der Waals surface area (Å²) >= 11 is 0. The molecule has 10 nitrogen and oxygen atoms in total. The van der Waals surface area contributed by atoms with Crippen molar-refractivity contribution in [1.29, 1.82) is 5.53 Å². The lowest BCUT2D eigenvalue weighted by atomic mass is 10.2. The Kier molecular flexibility index (Phi) is 4.02. The quantitative estimate of drug-likeness (QED) is 0.446. The van der Waals surface area contributed by atoms with Crippen molar-refractivity contribution in [2.75, 3.05) is 18.4 Å². The van der Waals surface area contributed by atoms with Crippen molar-refractivity contribution in [2.24, 2.45) is 5.11 Å². The van der Waals surface area contributed by atoms with Gasteiger partial charge in [-0.3, -0.25) is 4.68 Å². The third-order valence-electron chi connectivity index (χ3n) is 4.80. The molecule has 5 heterocycles. The van der Waals surface area contributed by atoms with Gasteiger partial charge in [0.15, 0.2) is 5.82 Å². The average molecular weight is 374 g/mol. The summed E-state index contributed by atoms with van der Waals surface area (Å²) in [5, 5.41) is 14.4. The van der Waals surface area contributed by atoms with Crippen LogP contribution in [0.1, 0.15) is 11.6 Å². The van der Waals surface area contributed by atoms with Crippen LogP contribution >= 0.6 is 0 Å². The molecule has 1 fully saturated rings. The first-order valence-corrected chi connectivity index (χ1v) is 8.95. The molecule has 0 radical (unpaired) electrons. The molecule has 140 valence electrons. The largest absolute Gasteiger partial charge is 0.363 e. The zero-order valence-electron chi connectivity index (χ0n) is 14.9. The summed E-state index contributed by atoms with van der Waals surface area (Å²) in [4.78, 5) is 13.1. The summed E-state index contributed by atoms with van der Waals surface area (Å²) in [5.41, 5.74) is 10.9. The molecular formula is C18H18N10. The van der Waals surface area contributed by atoms with Gasteiger partial charge in [0.05, 0.1) is 24.1 Å². The minimum Gasteiger partial charge on any atom is -0.363 e. The third kappa shape index (κ3) is 2.99. The van der Waals surface area contributed by atoms with Crippen LogP contribution in [0.3, 0.4) is 0 Å². The number of anilines is 1. The highest BCUT2D eigenvalue weighted by atomic mass is 15.3. The van der Waals surface area contributed by atoms with E-state index in [9.17, 15) is 0 Å². The second-order valence-electron chi connectivity index (χ2n) is 6.64. The van der Waals surface area contributed by atoms with E-state index in [1.54, 1.807) is 18.6 Å². The van der Waals surface area contributed by atoms with Crippen molar-refractivity contribution in [1.82, 2.24) is 34.4 Å². The van der Waals surface area contributed by atoms with Crippen LogP contribution in [-0.4, -0.2) is 42.2 Å². The zero-order valence-corrected chi connectivity index (χ0v) is 14.9. The van der Waals surface area contributed by atoms with Gasteiger partial charge in [0.2, 0.25) is 5.82 Å². The van der Waals surface area contributed by atoms with E-state index in [1.165, 1.54) is 0 Å². The first-order chi connectivity index (χ1) is 13.8. The molecule has 0 amide bonds. The SMILES string of the molecule is N=Nc1ncc(-c2cnn(C3CNC3)c2)nc1NCc1ccc2nccn2c1. The highest BCUT2D eigenvalue weighted by Gasteiger charge is 2.20. The van der Waals surface area contributed by atoms with Gasteiger partial charge in [-0.2, -0.15) is 5.10 Å². The van der Waals surface area contributed by atoms with Crippen LogP contribution in [0.15, 0.2) is 54.4 Å². The van der Waals surface area contributed by atoms with Crippen molar-refractivity contribution in [3.8, 4) is 11.3 Å². The summed E-state index contributed by atoms with van der Waals surface area (Å²) in [5.74, 6) is 0.722. The van der Waals surface area contributed by atoms with Gasteiger partial charge in [-0.15, -0.1) is 5.11 Å². The van der Waals surface area contributed by atoms with Crippen LogP contribution < -0.4 is 10.6 Å². The maximum absolute atomic E-state index is 7.37. The van der Waals surface area contributed by atoms with E-state index in [2.05, 4.69) is 35.8 Å². The van der Waals surface area contributed by atoms with Crippen molar-refractivity contribution in [3.63, 3.8) is 0 Å². The van der Waals surface area contributed by atoms with Gasteiger partial charge < -0.3 is 15.0 Å². The predicted molar refractivity (Wildman–Crippen MR) is 102 cm³/mol. The molecule has 1 aliphatic heterocycles. The highest BCUT2D eigenvalue weighted by molar-refractivity contribution is 5.64. The first kappa shape index (κ1) is 16.5. The van der Waals surface area contributed by atoms with Gasteiger partial charge >= 0.3 is 0 Å². The second-order valence-corrected chi connectivity index (χ2v) is 6.64. The molecule has 10 heteroatoms. The van der Waals surface area contributed by atoms with Crippen molar-refractivity contribution in [2.45, 2.75) is 12.6 Å². The highest BCUT2D eigenvalue weighted by Crippen LogP contribution is 2.26. The van der Waals surface area contributed by atoms with Gasteiger partial charge in [-0.25, -0.2) is 20.5 Å². The maximum Gasteiger partial charge on any atom is 0.216 e. The van der Waals surface area contributed by atoms with Crippen LogP contribution in [-0.2, 0) is 6.54 Å². The van der Waals surface area contributed by atoms with E-state index >= 15 is 0 Å². The Hall–Kier alpha value is -3.66. The van der Waals surface area contributed by atoms with Crippen LogP contribution in [0.5, 0.6) is 0 Å². The van der Waals surface area contributed by atoms with E-state index in [1.807, 2.05) is 39.8 Å². The molecule has 0 saturated carbocycles. The molecule has 1 aliphatic rings. The van der Waals surface area contributed by atoms with Crippen LogP contribution in [0.4, 0.5) is 11.6 Å². The molecule has 0 unspecified atom stereocenters.